The van der Waals surface area contributed by atoms with Gasteiger partial charge in [-0.05, 0) is 47.4 Å². The van der Waals surface area contributed by atoms with E-state index in [1.807, 2.05) is 78.9 Å². The number of nitrogens with one attached hydrogen (secondary N) is 3. The van der Waals surface area contributed by atoms with Crippen LogP contribution in [-0.2, 0) is 11.3 Å². The number of carbonyl (C=O) groups is 2. The molecule has 0 unspecified atom stereocenters. The number of methoxy groups -OCH3 is 1. The zero-order valence-electron chi connectivity index (χ0n) is 21.3. The van der Waals surface area contributed by atoms with Crippen molar-refractivity contribution in [1.82, 2.24) is 15.6 Å². The lowest BCUT2D eigenvalue weighted by molar-refractivity contribution is 0.0940. The van der Waals surface area contributed by atoms with Gasteiger partial charge in [-0.3, -0.25) is 4.79 Å². The van der Waals surface area contributed by atoms with Gasteiger partial charge in [0.15, 0.2) is 0 Å². The molecule has 0 aliphatic rings. The highest BCUT2D eigenvalue weighted by Crippen LogP contribution is 2.26. The average Bonchev–Trinajstić information content (AvgIpc) is 3.37. The molecule has 1 heterocycles. The third-order valence-electron chi connectivity index (χ3n) is 6.24. The van der Waals surface area contributed by atoms with E-state index in [1.54, 1.807) is 7.11 Å². The highest BCUT2D eigenvalue weighted by atomic mass is 16.5. The zero-order chi connectivity index (χ0) is 26.0. The summed E-state index contributed by atoms with van der Waals surface area (Å²) in [6, 6.07) is 25.1. The lowest BCUT2D eigenvalue weighted by Crippen LogP contribution is -2.44. The van der Waals surface area contributed by atoms with Crippen LogP contribution in [0.15, 0.2) is 78.9 Å². The van der Waals surface area contributed by atoms with Crippen LogP contribution in [0, 0.1) is 0 Å². The molecule has 3 N–H and O–H groups in total. The van der Waals surface area contributed by atoms with Gasteiger partial charge in [-0.1, -0.05) is 74.4 Å². The number of hydrogen-bond donors (Lipinski definition) is 3. The summed E-state index contributed by atoms with van der Waals surface area (Å²) < 4.78 is 10.6. The van der Waals surface area contributed by atoms with E-state index in [0.29, 0.717) is 12.2 Å². The Labute approximate surface area is 217 Å². The molecule has 4 aromatic rings. The van der Waals surface area contributed by atoms with Crippen LogP contribution in [0.3, 0.4) is 0 Å². The minimum atomic E-state index is -0.490. The van der Waals surface area contributed by atoms with Crippen LogP contribution < -0.4 is 15.4 Å². The predicted molar refractivity (Wildman–Crippen MR) is 146 cm³/mol. The van der Waals surface area contributed by atoms with E-state index in [1.165, 1.54) is 0 Å². The molecule has 7 heteroatoms. The molecule has 3 aromatic carbocycles. The Morgan fingerprint density at radius 2 is 1.70 bits per heavy atom. The van der Waals surface area contributed by atoms with E-state index in [9.17, 15) is 9.59 Å². The van der Waals surface area contributed by atoms with Crippen LogP contribution in [0.2, 0.25) is 0 Å². The summed E-state index contributed by atoms with van der Waals surface area (Å²) in [5, 5.41) is 6.80. The minimum Gasteiger partial charge on any atom is -0.497 e. The van der Waals surface area contributed by atoms with E-state index in [0.717, 1.165) is 52.6 Å². The van der Waals surface area contributed by atoms with Gasteiger partial charge in [0, 0.05) is 23.5 Å². The van der Waals surface area contributed by atoms with E-state index in [4.69, 9.17) is 9.47 Å². The number of rotatable bonds is 11. The number of H-pyrrole nitrogens is 1. The fraction of sp³-hybridized carbons (Fsp3) is 0.267. The van der Waals surface area contributed by atoms with Crippen LogP contribution in [0.1, 0.15) is 42.2 Å². The van der Waals surface area contributed by atoms with Gasteiger partial charge in [0.1, 0.15) is 18.1 Å². The Balaban J connectivity index is 1.36. The van der Waals surface area contributed by atoms with Crippen molar-refractivity contribution in [3.63, 3.8) is 0 Å². The topological polar surface area (TPSA) is 92.5 Å². The summed E-state index contributed by atoms with van der Waals surface area (Å²) in [7, 11) is 1.65. The molecule has 0 aliphatic carbocycles. The zero-order valence-corrected chi connectivity index (χ0v) is 21.3. The number of amides is 2. The minimum absolute atomic E-state index is 0.201. The van der Waals surface area contributed by atoms with Gasteiger partial charge in [0.2, 0.25) is 0 Å². The van der Waals surface area contributed by atoms with E-state index >= 15 is 0 Å². The number of ether oxygens (including phenoxy) is 2. The lowest BCUT2D eigenvalue weighted by Gasteiger charge is -2.19. The molecule has 0 bridgehead atoms. The van der Waals surface area contributed by atoms with Crippen LogP contribution in [0.25, 0.3) is 22.0 Å². The monoisotopic (exact) mass is 499 g/mol. The number of benzene rings is 3. The Kier molecular flexibility index (Phi) is 8.81. The maximum atomic E-state index is 12.9. The van der Waals surface area contributed by atoms with Gasteiger partial charge < -0.3 is 25.1 Å². The SMILES string of the molecule is CCCC[C@@H](CNC(=O)c1cc2ccc(-c3ccc(OC)cc3)cc2[nH]1)NC(=O)OCc1ccccc1. The van der Waals surface area contributed by atoms with Crippen molar-refractivity contribution in [1.29, 1.82) is 0 Å². The molecule has 0 aliphatic heterocycles. The van der Waals surface area contributed by atoms with Crippen molar-refractivity contribution >= 4 is 22.9 Å². The lowest BCUT2D eigenvalue weighted by atomic mass is 10.0. The summed E-state index contributed by atoms with van der Waals surface area (Å²) in [4.78, 5) is 28.5. The van der Waals surface area contributed by atoms with Crippen LogP contribution in [0.4, 0.5) is 4.79 Å². The molecule has 0 fully saturated rings. The van der Waals surface area contributed by atoms with Crippen molar-refractivity contribution in [3.8, 4) is 16.9 Å². The summed E-state index contributed by atoms with van der Waals surface area (Å²) in [6.07, 6.45) is 2.18. The molecule has 0 saturated heterocycles. The summed E-state index contributed by atoms with van der Waals surface area (Å²) >= 11 is 0. The van der Waals surface area contributed by atoms with Crippen LogP contribution in [0.5, 0.6) is 5.75 Å². The smallest absolute Gasteiger partial charge is 0.407 e. The third kappa shape index (κ3) is 7.13. The van der Waals surface area contributed by atoms with Gasteiger partial charge >= 0.3 is 6.09 Å². The maximum Gasteiger partial charge on any atom is 0.407 e. The summed E-state index contributed by atoms with van der Waals surface area (Å²) in [5.41, 5.74) is 4.38. The van der Waals surface area contributed by atoms with Crippen LogP contribution in [-0.4, -0.2) is 36.7 Å². The van der Waals surface area contributed by atoms with Gasteiger partial charge in [-0.2, -0.15) is 0 Å². The Bertz CT molecular complexity index is 1320. The molecule has 37 heavy (non-hydrogen) atoms. The number of carbonyl (C=O) groups excluding carboxylic acids is 2. The molecule has 0 spiro atoms. The first kappa shape index (κ1) is 25.8. The van der Waals surface area contributed by atoms with Gasteiger partial charge in [0.25, 0.3) is 5.91 Å². The molecule has 0 radical (unpaired) electrons. The predicted octanol–water partition coefficient (Wildman–Crippen LogP) is 6.06. The van der Waals surface area contributed by atoms with E-state index < -0.39 is 6.09 Å². The van der Waals surface area contributed by atoms with Crippen molar-refractivity contribution < 1.29 is 19.1 Å². The molecule has 4 rings (SSSR count). The average molecular weight is 500 g/mol. The molecular formula is C30H33N3O4. The highest BCUT2D eigenvalue weighted by Gasteiger charge is 2.16. The van der Waals surface area contributed by atoms with Crippen LogP contribution >= 0.6 is 0 Å². The Morgan fingerprint density at radius 3 is 2.43 bits per heavy atom. The molecule has 0 saturated carbocycles. The molecule has 2 amide bonds. The van der Waals surface area contributed by atoms with Crippen molar-refractivity contribution in [2.75, 3.05) is 13.7 Å². The molecule has 192 valence electrons. The maximum absolute atomic E-state index is 12.9. The van der Waals surface area contributed by atoms with Gasteiger partial charge in [-0.15, -0.1) is 0 Å². The largest absolute Gasteiger partial charge is 0.497 e. The highest BCUT2D eigenvalue weighted by molar-refractivity contribution is 5.98. The second-order valence-corrected chi connectivity index (χ2v) is 8.97. The quantitative estimate of drug-likeness (QED) is 0.234. The number of unbranched alkanes of at least 4 members (excludes halogenated alkanes) is 1. The number of hydrogen-bond acceptors (Lipinski definition) is 4. The third-order valence-corrected chi connectivity index (χ3v) is 6.24. The van der Waals surface area contributed by atoms with Crippen molar-refractivity contribution in [2.24, 2.45) is 0 Å². The standard InChI is InChI=1S/C30H33N3O4/c1-3-4-10-25(32-30(35)37-20-21-8-6-5-7-9-21)19-31-29(34)28-18-24-12-11-23(17-27(24)33-28)22-13-15-26(36-2)16-14-22/h5-9,11-18,25,33H,3-4,10,19-20H2,1-2H3,(H,31,34)(H,32,35)/t25-/m0/s1. The molecule has 1 aromatic heterocycles. The van der Waals surface area contributed by atoms with Crippen molar-refractivity contribution in [3.05, 3.63) is 90.1 Å². The van der Waals surface area contributed by atoms with Gasteiger partial charge in [0.05, 0.1) is 7.11 Å². The normalized spacial score (nSPS) is 11.6. The summed E-state index contributed by atoms with van der Waals surface area (Å²) in [6.45, 7) is 2.60. The fourth-order valence-electron chi connectivity index (χ4n) is 4.13. The first-order valence-corrected chi connectivity index (χ1v) is 12.6. The van der Waals surface area contributed by atoms with Crippen molar-refractivity contribution in [2.45, 2.75) is 38.8 Å². The molecule has 1 atom stereocenters. The fourth-order valence-corrected chi connectivity index (χ4v) is 4.13. The first-order chi connectivity index (χ1) is 18.1. The van der Waals surface area contributed by atoms with E-state index in [-0.39, 0.29) is 18.6 Å². The number of fused-ring (bicyclic) bond motifs is 1. The molecule has 7 nitrogen and oxygen atoms in total. The van der Waals surface area contributed by atoms with E-state index in [2.05, 4.69) is 22.5 Å². The molecular weight excluding hydrogens is 466 g/mol. The Hall–Kier alpha value is -4.26. The summed E-state index contributed by atoms with van der Waals surface area (Å²) in [5.74, 6) is 0.586. The number of aromatic nitrogens is 1. The second kappa shape index (κ2) is 12.6. The Morgan fingerprint density at radius 1 is 0.946 bits per heavy atom. The second-order valence-electron chi connectivity index (χ2n) is 8.97. The van der Waals surface area contributed by atoms with Gasteiger partial charge in [-0.25, -0.2) is 4.79 Å². The first-order valence-electron chi connectivity index (χ1n) is 12.6. The number of aromatic amines is 1. The number of alkyl carbamates (subject to hydrolysis) is 1.